The summed E-state index contributed by atoms with van der Waals surface area (Å²) >= 11 is 8.94. The average molecular weight is 334 g/mol. The number of pyridine rings is 1. The van der Waals surface area contributed by atoms with Crippen molar-refractivity contribution in [3.63, 3.8) is 0 Å². The number of H-pyrrole nitrogens is 1. The molecule has 1 aromatic carbocycles. The van der Waals surface area contributed by atoms with Gasteiger partial charge in [0.1, 0.15) is 0 Å². The van der Waals surface area contributed by atoms with E-state index in [4.69, 9.17) is 12.2 Å². The van der Waals surface area contributed by atoms with Gasteiger partial charge in [0.15, 0.2) is 10.4 Å². The zero-order chi connectivity index (χ0) is 13.6. The second kappa shape index (κ2) is 4.58. The van der Waals surface area contributed by atoms with Crippen molar-refractivity contribution >= 4 is 39.3 Å². The summed E-state index contributed by atoms with van der Waals surface area (Å²) in [5.74, 6) is 0. The van der Waals surface area contributed by atoms with Crippen molar-refractivity contribution < 1.29 is 0 Å². The van der Waals surface area contributed by atoms with Gasteiger partial charge >= 0.3 is 0 Å². The first-order valence-electron chi connectivity index (χ1n) is 5.90. The Morgan fingerprint density at radius 2 is 2.00 bits per heavy atom. The van der Waals surface area contributed by atoms with Gasteiger partial charge in [-0.2, -0.15) is 0 Å². The molecule has 3 rings (SSSR count). The molecule has 0 saturated carbocycles. The average Bonchev–Trinajstić information content (AvgIpc) is 2.63. The van der Waals surface area contributed by atoms with E-state index in [9.17, 15) is 0 Å². The number of nitrogens with zero attached hydrogens (tertiary/aromatic N) is 2. The van der Waals surface area contributed by atoms with Crippen LogP contribution >= 0.6 is 28.1 Å². The van der Waals surface area contributed by atoms with Gasteiger partial charge in [0.25, 0.3) is 0 Å². The zero-order valence-electron chi connectivity index (χ0n) is 10.6. The molecule has 0 aliphatic carbocycles. The summed E-state index contributed by atoms with van der Waals surface area (Å²) in [6.07, 6.45) is 0. The Morgan fingerprint density at radius 1 is 1.21 bits per heavy atom. The predicted octanol–water partition coefficient (Wildman–Crippen LogP) is 4.46. The Labute approximate surface area is 124 Å². The van der Waals surface area contributed by atoms with Crippen LogP contribution in [0.1, 0.15) is 11.3 Å². The maximum Gasteiger partial charge on any atom is 0.183 e. The van der Waals surface area contributed by atoms with Crippen LogP contribution in [0.25, 0.3) is 16.9 Å². The van der Waals surface area contributed by atoms with Crippen molar-refractivity contribution in [2.45, 2.75) is 13.8 Å². The molecule has 96 valence electrons. The molecule has 0 bridgehead atoms. The van der Waals surface area contributed by atoms with E-state index < -0.39 is 0 Å². The minimum absolute atomic E-state index is 0.658. The van der Waals surface area contributed by atoms with Crippen molar-refractivity contribution in [3.05, 3.63) is 50.8 Å². The van der Waals surface area contributed by atoms with Gasteiger partial charge in [0, 0.05) is 10.2 Å². The Hall–Kier alpha value is -1.46. The lowest BCUT2D eigenvalue weighted by atomic mass is 10.2. The Bertz CT molecular complexity index is 812. The van der Waals surface area contributed by atoms with Crippen molar-refractivity contribution in [2.75, 3.05) is 0 Å². The number of aromatic amines is 1. The van der Waals surface area contributed by atoms with E-state index in [1.807, 2.05) is 29.7 Å². The summed E-state index contributed by atoms with van der Waals surface area (Å²) in [5.41, 5.74) is 4.98. The van der Waals surface area contributed by atoms with Crippen LogP contribution in [0.3, 0.4) is 0 Å². The molecule has 0 saturated heterocycles. The number of imidazole rings is 1. The van der Waals surface area contributed by atoms with E-state index in [0.29, 0.717) is 4.77 Å². The second-order valence-corrected chi connectivity index (χ2v) is 5.88. The summed E-state index contributed by atoms with van der Waals surface area (Å²) in [5, 5.41) is 0. The largest absolute Gasteiger partial charge is 0.329 e. The van der Waals surface area contributed by atoms with E-state index in [1.165, 1.54) is 5.56 Å². The third kappa shape index (κ3) is 2.24. The minimum Gasteiger partial charge on any atom is -0.329 e. The van der Waals surface area contributed by atoms with Crippen LogP contribution in [0.15, 0.2) is 34.8 Å². The van der Waals surface area contributed by atoms with E-state index in [1.54, 1.807) is 0 Å². The molecule has 3 nitrogen and oxygen atoms in total. The third-order valence-electron chi connectivity index (χ3n) is 2.96. The molecule has 1 N–H and O–H groups in total. The highest BCUT2D eigenvalue weighted by atomic mass is 79.9. The molecule has 0 aliphatic rings. The number of hydrogen-bond acceptors (Lipinski definition) is 2. The quantitative estimate of drug-likeness (QED) is 0.667. The number of aryl methyl sites for hydroxylation is 2. The summed E-state index contributed by atoms with van der Waals surface area (Å²) in [4.78, 5) is 7.77. The highest BCUT2D eigenvalue weighted by Crippen LogP contribution is 2.22. The van der Waals surface area contributed by atoms with E-state index in [0.717, 1.165) is 27.0 Å². The molecule has 0 spiro atoms. The summed E-state index contributed by atoms with van der Waals surface area (Å²) in [6, 6.07) is 10.2. The third-order valence-corrected chi connectivity index (χ3v) is 3.70. The maximum absolute atomic E-state index is 5.42. The van der Waals surface area contributed by atoms with Gasteiger partial charge < -0.3 is 4.98 Å². The molecular formula is C14H12BrN3S. The molecule has 19 heavy (non-hydrogen) atoms. The molecule has 3 aromatic rings. The number of nitrogens with one attached hydrogen (secondary N) is 1. The first kappa shape index (κ1) is 12.6. The normalized spacial score (nSPS) is 11.1. The molecule has 0 fully saturated rings. The number of halogens is 1. The minimum atomic E-state index is 0.658. The number of fused-ring (bicyclic) bond motifs is 1. The fourth-order valence-electron chi connectivity index (χ4n) is 2.16. The Balaban J connectivity index is 2.38. The first-order chi connectivity index (χ1) is 9.04. The molecular weight excluding hydrogens is 322 g/mol. The van der Waals surface area contributed by atoms with E-state index >= 15 is 0 Å². The number of hydrogen-bond donors (Lipinski definition) is 1. The highest BCUT2D eigenvalue weighted by molar-refractivity contribution is 9.10. The van der Waals surface area contributed by atoms with Gasteiger partial charge in [-0.15, -0.1) is 0 Å². The van der Waals surface area contributed by atoms with Crippen LogP contribution in [0, 0.1) is 18.6 Å². The van der Waals surface area contributed by atoms with E-state index in [-0.39, 0.29) is 0 Å². The van der Waals surface area contributed by atoms with Crippen molar-refractivity contribution in [1.29, 1.82) is 0 Å². The lowest BCUT2D eigenvalue weighted by Crippen LogP contribution is -1.97. The predicted molar refractivity (Wildman–Crippen MR) is 83.4 cm³/mol. The monoisotopic (exact) mass is 333 g/mol. The van der Waals surface area contributed by atoms with E-state index in [2.05, 4.69) is 45.0 Å². The molecule has 2 heterocycles. The van der Waals surface area contributed by atoms with Crippen LogP contribution in [0.5, 0.6) is 0 Å². The fraction of sp³-hybridized carbons (Fsp3) is 0.143. The SMILES string of the molecule is Cc1cc(Br)cc(-n2c(=S)[nH]c3ccc(C)nc32)c1. The summed E-state index contributed by atoms with van der Waals surface area (Å²) in [6.45, 7) is 4.04. The lowest BCUT2D eigenvalue weighted by Gasteiger charge is -2.06. The van der Waals surface area contributed by atoms with Crippen LogP contribution in [0.2, 0.25) is 0 Å². The van der Waals surface area contributed by atoms with Gasteiger partial charge in [-0.3, -0.25) is 4.57 Å². The summed E-state index contributed by atoms with van der Waals surface area (Å²) in [7, 11) is 0. The smallest absolute Gasteiger partial charge is 0.183 e. The van der Waals surface area contributed by atoms with Gasteiger partial charge in [-0.1, -0.05) is 15.9 Å². The first-order valence-corrected chi connectivity index (χ1v) is 7.11. The van der Waals surface area contributed by atoms with Crippen LogP contribution < -0.4 is 0 Å². The van der Waals surface area contributed by atoms with Gasteiger partial charge in [0.05, 0.1) is 11.2 Å². The maximum atomic E-state index is 5.42. The Kier molecular flexibility index (Phi) is 3.03. The summed E-state index contributed by atoms with van der Waals surface area (Å²) < 4.78 is 3.66. The molecule has 0 amide bonds. The van der Waals surface area contributed by atoms with Crippen LogP contribution in [-0.2, 0) is 0 Å². The molecule has 0 unspecified atom stereocenters. The number of benzene rings is 1. The van der Waals surface area contributed by atoms with Crippen molar-refractivity contribution in [3.8, 4) is 5.69 Å². The van der Waals surface area contributed by atoms with Crippen molar-refractivity contribution in [1.82, 2.24) is 14.5 Å². The number of aromatic nitrogens is 3. The molecule has 5 heteroatoms. The van der Waals surface area contributed by atoms with Crippen molar-refractivity contribution in [2.24, 2.45) is 0 Å². The van der Waals surface area contributed by atoms with Gasteiger partial charge in [-0.05, 0) is 62.0 Å². The molecule has 0 atom stereocenters. The standard InChI is InChI=1S/C14H12BrN3S/c1-8-5-10(15)7-11(6-8)18-13-12(17-14(18)19)4-3-9(2)16-13/h3-7H,1-2H3,(H,17,19). The molecule has 2 aromatic heterocycles. The molecule has 0 aliphatic heterocycles. The van der Waals surface area contributed by atoms with Gasteiger partial charge in [-0.25, -0.2) is 4.98 Å². The molecule has 0 radical (unpaired) electrons. The highest BCUT2D eigenvalue weighted by Gasteiger charge is 2.09. The Morgan fingerprint density at radius 3 is 2.74 bits per heavy atom. The van der Waals surface area contributed by atoms with Gasteiger partial charge in [0.2, 0.25) is 0 Å². The number of rotatable bonds is 1. The lowest BCUT2D eigenvalue weighted by molar-refractivity contribution is 1.03. The topological polar surface area (TPSA) is 33.6 Å². The fourth-order valence-corrected chi connectivity index (χ4v) is 3.06. The second-order valence-electron chi connectivity index (χ2n) is 4.58. The van der Waals surface area contributed by atoms with Crippen LogP contribution in [0.4, 0.5) is 0 Å². The zero-order valence-corrected chi connectivity index (χ0v) is 13.0. The van der Waals surface area contributed by atoms with Crippen LogP contribution in [-0.4, -0.2) is 14.5 Å².